The SMILES string of the molecule is CCC1=CC(=O)NC1=O.NC(=O)O. The molecule has 1 aliphatic heterocycles. The smallest absolute Gasteiger partial charge is 0.402 e. The molecule has 0 saturated heterocycles. The van der Waals surface area contributed by atoms with Crippen LogP contribution >= 0.6 is 0 Å². The summed E-state index contributed by atoms with van der Waals surface area (Å²) in [5, 5.41) is 9.34. The highest BCUT2D eigenvalue weighted by molar-refractivity contribution is 6.16. The van der Waals surface area contributed by atoms with Gasteiger partial charge in [-0.1, -0.05) is 6.92 Å². The van der Waals surface area contributed by atoms with E-state index in [9.17, 15) is 9.59 Å². The van der Waals surface area contributed by atoms with Crippen LogP contribution in [0, 0.1) is 0 Å². The maximum atomic E-state index is 10.6. The summed E-state index contributed by atoms with van der Waals surface area (Å²) in [6.45, 7) is 1.84. The Bertz CT molecular complexity index is 266. The topological polar surface area (TPSA) is 109 Å². The van der Waals surface area contributed by atoms with Crippen LogP contribution in [-0.2, 0) is 9.59 Å². The van der Waals surface area contributed by atoms with Crippen LogP contribution < -0.4 is 11.1 Å². The van der Waals surface area contributed by atoms with Gasteiger partial charge in [0.1, 0.15) is 0 Å². The zero-order valence-corrected chi connectivity index (χ0v) is 7.03. The molecule has 0 bridgehead atoms. The first-order valence-corrected chi connectivity index (χ1v) is 3.51. The van der Waals surface area contributed by atoms with Crippen LogP contribution in [0.25, 0.3) is 0 Å². The summed E-state index contributed by atoms with van der Waals surface area (Å²) in [5.41, 5.74) is 4.60. The Kier molecular flexibility index (Phi) is 4.21. The Hall–Kier alpha value is -1.85. The molecule has 0 aromatic carbocycles. The quantitative estimate of drug-likeness (QED) is 0.484. The van der Waals surface area contributed by atoms with E-state index in [0.717, 1.165) is 0 Å². The summed E-state index contributed by atoms with van der Waals surface area (Å²) < 4.78 is 0. The fraction of sp³-hybridized carbons (Fsp3) is 0.286. The maximum absolute atomic E-state index is 10.6. The van der Waals surface area contributed by atoms with Crippen LogP contribution in [-0.4, -0.2) is 23.0 Å². The number of nitrogens with two attached hydrogens (primary N) is 1. The summed E-state index contributed by atoms with van der Waals surface area (Å²) in [5.74, 6) is -0.542. The third-order valence-electron chi connectivity index (χ3n) is 1.21. The number of hydrogen-bond donors (Lipinski definition) is 3. The molecular weight excluding hydrogens is 176 g/mol. The molecular formula is C7H10N2O4. The Labute approximate surface area is 74.4 Å². The zero-order valence-electron chi connectivity index (χ0n) is 7.03. The molecule has 1 aliphatic rings. The highest BCUT2D eigenvalue weighted by atomic mass is 16.4. The van der Waals surface area contributed by atoms with Gasteiger partial charge in [-0.05, 0) is 6.42 Å². The maximum Gasteiger partial charge on any atom is 0.402 e. The molecule has 72 valence electrons. The lowest BCUT2D eigenvalue weighted by Gasteiger charge is -1.89. The van der Waals surface area contributed by atoms with Gasteiger partial charge in [0.2, 0.25) is 0 Å². The Morgan fingerprint density at radius 3 is 2.23 bits per heavy atom. The monoisotopic (exact) mass is 186 g/mol. The van der Waals surface area contributed by atoms with Crippen molar-refractivity contribution in [3.8, 4) is 0 Å². The van der Waals surface area contributed by atoms with Crippen molar-refractivity contribution in [2.45, 2.75) is 13.3 Å². The molecule has 0 spiro atoms. The van der Waals surface area contributed by atoms with E-state index in [1.165, 1.54) is 6.08 Å². The van der Waals surface area contributed by atoms with Crippen molar-refractivity contribution in [3.63, 3.8) is 0 Å². The first-order chi connectivity index (χ1) is 5.97. The highest BCUT2D eigenvalue weighted by Crippen LogP contribution is 2.04. The first-order valence-electron chi connectivity index (χ1n) is 3.51. The molecule has 0 aliphatic carbocycles. The van der Waals surface area contributed by atoms with Gasteiger partial charge >= 0.3 is 6.09 Å². The van der Waals surface area contributed by atoms with Crippen LogP contribution in [0.3, 0.4) is 0 Å². The second-order valence-corrected chi connectivity index (χ2v) is 2.18. The lowest BCUT2D eigenvalue weighted by atomic mass is 10.2. The number of carboxylic acid groups (broad SMARTS) is 1. The lowest BCUT2D eigenvalue weighted by Crippen LogP contribution is -2.21. The largest absolute Gasteiger partial charge is 0.465 e. The minimum atomic E-state index is -1.33. The summed E-state index contributed by atoms with van der Waals surface area (Å²) in [4.78, 5) is 29.8. The van der Waals surface area contributed by atoms with Gasteiger partial charge in [-0.3, -0.25) is 14.9 Å². The average Bonchev–Trinajstić information content (AvgIpc) is 2.28. The van der Waals surface area contributed by atoms with Crippen LogP contribution in [0.2, 0.25) is 0 Å². The Morgan fingerprint density at radius 2 is 2.08 bits per heavy atom. The standard InChI is InChI=1S/C6H7NO2.CH3NO2/c1-2-4-3-5(8)7-6(4)9;2-1(3)4/h3H,2H2,1H3,(H,7,8,9);2H2,(H,3,4). The summed E-state index contributed by atoms with van der Waals surface area (Å²) in [6, 6.07) is 0. The lowest BCUT2D eigenvalue weighted by molar-refractivity contribution is -0.123. The molecule has 0 aromatic rings. The minimum Gasteiger partial charge on any atom is -0.465 e. The van der Waals surface area contributed by atoms with Gasteiger partial charge in [-0.25, -0.2) is 4.79 Å². The molecule has 1 heterocycles. The summed E-state index contributed by atoms with van der Waals surface area (Å²) in [7, 11) is 0. The van der Waals surface area contributed by atoms with Gasteiger partial charge in [-0.2, -0.15) is 0 Å². The fourth-order valence-electron chi connectivity index (χ4n) is 0.715. The Morgan fingerprint density at radius 1 is 1.62 bits per heavy atom. The molecule has 0 atom stereocenters. The normalized spacial score (nSPS) is 14.1. The number of rotatable bonds is 1. The number of imide groups is 1. The molecule has 0 radical (unpaired) electrons. The van der Waals surface area contributed by atoms with E-state index in [4.69, 9.17) is 9.90 Å². The van der Waals surface area contributed by atoms with E-state index >= 15 is 0 Å². The number of nitrogens with one attached hydrogen (secondary N) is 1. The summed E-state index contributed by atoms with van der Waals surface area (Å²) in [6.07, 6.45) is 0.625. The molecule has 3 amide bonds. The average molecular weight is 186 g/mol. The first kappa shape index (κ1) is 11.2. The predicted octanol–water partition coefficient (Wildman–Crippen LogP) is -0.398. The summed E-state index contributed by atoms with van der Waals surface area (Å²) >= 11 is 0. The van der Waals surface area contributed by atoms with Crippen molar-refractivity contribution in [2.75, 3.05) is 0 Å². The number of amides is 3. The van der Waals surface area contributed by atoms with Crippen LogP contribution in [0.1, 0.15) is 13.3 Å². The molecule has 0 unspecified atom stereocenters. The van der Waals surface area contributed by atoms with Gasteiger partial charge < -0.3 is 10.8 Å². The van der Waals surface area contributed by atoms with E-state index in [-0.39, 0.29) is 11.8 Å². The fourth-order valence-corrected chi connectivity index (χ4v) is 0.715. The highest BCUT2D eigenvalue weighted by Gasteiger charge is 2.17. The minimum absolute atomic E-state index is 0.248. The van der Waals surface area contributed by atoms with Crippen LogP contribution in [0.5, 0.6) is 0 Å². The molecule has 6 nitrogen and oxygen atoms in total. The van der Waals surface area contributed by atoms with E-state index in [1.54, 1.807) is 0 Å². The van der Waals surface area contributed by atoms with Gasteiger partial charge in [0.25, 0.3) is 11.8 Å². The number of hydrogen-bond acceptors (Lipinski definition) is 3. The van der Waals surface area contributed by atoms with Crippen molar-refractivity contribution in [1.82, 2.24) is 5.32 Å². The molecule has 0 aromatic heterocycles. The van der Waals surface area contributed by atoms with Gasteiger partial charge in [0, 0.05) is 11.6 Å². The van der Waals surface area contributed by atoms with Crippen molar-refractivity contribution in [1.29, 1.82) is 0 Å². The molecule has 0 saturated carbocycles. The molecule has 0 fully saturated rings. The number of primary amides is 1. The van der Waals surface area contributed by atoms with Crippen LogP contribution in [0.15, 0.2) is 11.6 Å². The van der Waals surface area contributed by atoms with Gasteiger partial charge in [0.05, 0.1) is 0 Å². The predicted molar refractivity (Wildman–Crippen MR) is 43.7 cm³/mol. The molecule has 6 heteroatoms. The van der Waals surface area contributed by atoms with E-state index < -0.39 is 6.09 Å². The second kappa shape index (κ2) is 4.91. The zero-order chi connectivity index (χ0) is 10.4. The van der Waals surface area contributed by atoms with Gasteiger partial charge in [0.15, 0.2) is 0 Å². The Balaban J connectivity index is 0.000000310. The molecule has 13 heavy (non-hydrogen) atoms. The number of carbonyl (C=O) groups is 3. The van der Waals surface area contributed by atoms with E-state index in [2.05, 4.69) is 11.1 Å². The third kappa shape index (κ3) is 4.57. The van der Waals surface area contributed by atoms with E-state index in [1.807, 2.05) is 6.92 Å². The van der Waals surface area contributed by atoms with Crippen LogP contribution in [0.4, 0.5) is 4.79 Å². The van der Waals surface area contributed by atoms with E-state index in [0.29, 0.717) is 12.0 Å². The number of carbonyl (C=O) groups excluding carboxylic acids is 2. The molecule has 4 N–H and O–H groups in total. The molecule has 1 rings (SSSR count). The van der Waals surface area contributed by atoms with Crippen molar-refractivity contribution >= 4 is 17.9 Å². The third-order valence-corrected chi connectivity index (χ3v) is 1.21. The van der Waals surface area contributed by atoms with Gasteiger partial charge in [-0.15, -0.1) is 0 Å². The van der Waals surface area contributed by atoms with Crippen molar-refractivity contribution < 1.29 is 19.5 Å². The van der Waals surface area contributed by atoms with Crippen molar-refractivity contribution in [3.05, 3.63) is 11.6 Å². The van der Waals surface area contributed by atoms with Crippen molar-refractivity contribution in [2.24, 2.45) is 5.73 Å². The second-order valence-electron chi connectivity index (χ2n) is 2.18.